The fourth-order valence-corrected chi connectivity index (χ4v) is 3.49. The van der Waals surface area contributed by atoms with Gasteiger partial charge in [0.25, 0.3) is 11.6 Å². The zero-order chi connectivity index (χ0) is 21.7. The van der Waals surface area contributed by atoms with Gasteiger partial charge in [-0.15, -0.1) is 0 Å². The fraction of sp³-hybridized carbons (Fsp3) is 0.550. The van der Waals surface area contributed by atoms with Crippen LogP contribution in [0.25, 0.3) is 0 Å². The van der Waals surface area contributed by atoms with Crippen molar-refractivity contribution in [3.63, 3.8) is 0 Å². The summed E-state index contributed by atoms with van der Waals surface area (Å²) in [5.74, 6) is -1.32. The molecule has 2 aliphatic rings. The second kappa shape index (κ2) is 9.55. The van der Waals surface area contributed by atoms with Crippen LogP contribution in [0.1, 0.15) is 55.8 Å². The Balaban J connectivity index is 1.49. The molecule has 2 aliphatic carbocycles. The molecule has 0 saturated heterocycles. The number of ether oxygens (including phenoxy) is 1. The number of nitro groups is 1. The highest BCUT2D eigenvalue weighted by molar-refractivity contribution is 5.97. The van der Waals surface area contributed by atoms with Gasteiger partial charge in [-0.1, -0.05) is 19.8 Å². The molecule has 1 aromatic carbocycles. The lowest BCUT2D eigenvalue weighted by Gasteiger charge is -2.29. The zero-order valence-electron chi connectivity index (χ0n) is 16.8. The van der Waals surface area contributed by atoms with E-state index >= 15 is 0 Å². The molecule has 1 aromatic rings. The minimum atomic E-state index is -0.882. The standard InChI is InChI=1S/C20H26N4O6/c1-12-4-2-3-5-15(12)22-20(27)23-18(25)11-30-19(26)13-6-9-16(21-14-7-8-14)17(10-13)24(28)29/h6,9-10,12,14-15,21H,2-5,7-8,11H2,1H3,(H2,22,23,25,27)/t12-,15-/m0/s1. The summed E-state index contributed by atoms with van der Waals surface area (Å²) >= 11 is 0. The fourth-order valence-electron chi connectivity index (χ4n) is 3.49. The number of nitro benzene ring substituents is 1. The van der Waals surface area contributed by atoms with Gasteiger partial charge in [0.1, 0.15) is 5.69 Å². The van der Waals surface area contributed by atoms with Crippen molar-refractivity contribution in [2.45, 2.75) is 57.5 Å². The maximum atomic E-state index is 12.2. The molecule has 0 radical (unpaired) electrons. The van der Waals surface area contributed by atoms with Crippen molar-refractivity contribution in [2.24, 2.45) is 5.92 Å². The van der Waals surface area contributed by atoms with Gasteiger partial charge in [-0.2, -0.15) is 0 Å². The molecule has 0 heterocycles. The lowest BCUT2D eigenvalue weighted by Crippen LogP contribution is -2.48. The molecule has 0 aliphatic heterocycles. The number of benzene rings is 1. The average Bonchev–Trinajstić information content (AvgIpc) is 3.52. The summed E-state index contributed by atoms with van der Waals surface area (Å²) in [6.07, 6.45) is 5.94. The number of hydrogen-bond acceptors (Lipinski definition) is 7. The van der Waals surface area contributed by atoms with Gasteiger partial charge in [0.05, 0.1) is 10.5 Å². The maximum absolute atomic E-state index is 12.2. The Morgan fingerprint density at radius 2 is 1.90 bits per heavy atom. The Hall–Kier alpha value is -3.17. The van der Waals surface area contributed by atoms with Crippen molar-refractivity contribution in [1.29, 1.82) is 0 Å². The monoisotopic (exact) mass is 418 g/mol. The third-order valence-electron chi connectivity index (χ3n) is 5.38. The van der Waals surface area contributed by atoms with Crippen molar-refractivity contribution in [3.8, 4) is 0 Å². The predicted molar refractivity (Wildman–Crippen MR) is 108 cm³/mol. The van der Waals surface area contributed by atoms with E-state index in [0.717, 1.165) is 44.6 Å². The summed E-state index contributed by atoms with van der Waals surface area (Å²) in [4.78, 5) is 46.7. The van der Waals surface area contributed by atoms with Gasteiger partial charge in [0.15, 0.2) is 6.61 Å². The molecule has 162 valence electrons. The molecule has 2 atom stereocenters. The topological polar surface area (TPSA) is 140 Å². The van der Waals surface area contributed by atoms with Gasteiger partial charge >= 0.3 is 12.0 Å². The van der Waals surface area contributed by atoms with Crippen molar-refractivity contribution in [2.75, 3.05) is 11.9 Å². The van der Waals surface area contributed by atoms with E-state index in [4.69, 9.17) is 4.74 Å². The smallest absolute Gasteiger partial charge is 0.338 e. The number of urea groups is 1. The van der Waals surface area contributed by atoms with E-state index in [-0.39, 0.29) is 23.3 Å². The SMILES string of the molecule is C[C@H]1CCCC[C@@H]1NC(=O)NC(=O)COC(=O)c1ccc(NC2CC2)c([N+](=O)[O-])c1. The Bertz CT molecular complexity index is 839. The molecular formula is C20H26N4O6. The number of imide groups is 1. The highest BCUT2D eigenvalue weighted by Crippen LogP contribution is 2.31. The van der Waals surface area contributed by atoms with E-state index in [9.17, 15) is 24.5 Å². The first-order chi connectivity index (χ1) is 14.3. The number of amides is 3. The van der Waals surface area contributed by atoms with Crippen LogP contribution in [0.2, 0.25) is 0 Å². The second-order valence-corrected chi connectivity index (χ2v) is 7.87. The molecule has 3 N–H and O–H groups in total. The van der Waals surface area contributed by atoms with Crippen LogP contribution in [0.15, 0.2) is 18.2 Å². The van der Waals surface area contributed by atoms with Crippen LogP contribution in [0.4, 0.5) is 16.2 Å². The first-order valence-electron chi connectivity index (χ1n) is 10.2. The van der Waals surface area contributed by atoms with Crippen molar-refractivity contribution in [1.82, 2.24) is 10.6 Å². The van der Waals surface area contributed by atoms with Crippen LogP contribution < -0.4 is 16.0 Å². The van der Waals surface area contributed by atoms with E-state index in [1.807, 2.05) is 0 Å². The molecular weight excluding hydrogens is 392 g/mol. The lowest BCUT2D eigenvalue weighted by atomic mass is 9.86. The van der Waals surface area contributed by atoms with Gasteiger partial charge in [-0.3, -0.25) is 20.2 Å². The average molecular weight is 418 g/mol. The molecule has 10 nitrogen and oxygen atoms in total. The Morgan fingerprint density at radius 3 is 2.57 bits per heavy atom. The van der Waals surface area contributed by atoms with Crippen LogP contribution in [0.3, 0.4) is 0 Å². The molecule has 0 aromatic heterocycles. The third kappa shape index (κ3) is 5.91. The molecule has 0 spiro atoms. The van der Waals surface area contributed by atoms with E-state index in [1.165, 1.54) is 12.1 Å². The predicted octanol–water partition coefficient (Wildman–Crippen LogP) is 2.73. The molecule has 0 bridgehead atoms. The molecule has 3 rings (SSSR count). The molecule has 10 heteroatoms. The largest absolute Gasteiger partial charge is 0.452 e. The maximum Gasteiger partial charge on any atom is 0.338 e. The highest BCUT2D eigenvalue weighted by atomic mass is 16.6. The summed E-state index contributed by atoms with van der Waals surface area (Å²) in [5, 5.41) is 19.2. The molecule has 3 amide bonds. The Kier molecular flexibility index (Phi) is 6.86. The quantitative estimate of drug-likeness (QED) is 0.351. The summed E-state index contributed by atoms with van der Waals surface area (Å²) in [6.45, 7) is 1.39. The number of nitrogens with one attached hydrogen (secondary N) is 3. The number of esters is 1. The lowest BCUT2D eigenvalue weighted by molar-refractivity contribution is -0.384. The van der Waals surface area contributed by atoms with Crippen LogP contribution >= 0.6 is 0 Å². The normalized spacial score (nSPS) is 20.7. The molecule has 30 heavy (non-hydrogen) atoms. The second-order valence-electron chi connectivity index (χ2n) is 7.87. The van der Waals surface area contributed by atoms with E-state index in [2.05, 4.69) is 22.9 Å². The minimum absolute atomic E-state index is 0.0115. The van der Waals surface area contributed by atoms with Crippen LogP contribution in [0.5, 0.6) is 0 Å². The highest BCUT2D eigenvalue weighted by Gasteiger charge is 2.26. The van der Waals surface area contributed by atoms with Crippen LogP contribution in [0, 0.1) is 16.0 Å². The van der Waals surface area contributed by atoms with Gasteiger partial charge < -0.3 is 15.4 Å². The summed E-state index contributed by atoms with van der Waals surface area (Å²) in [6, 6.07) is 3.56. The van der Waals surface area contributed by atoms with Crippen molar-refractivity contribution >= 4 is 29.3 Å². The number of nitrogens with zero attached hydrogens (tertiary/aromatic N) is 1. The van der Waals surface area contributed by atoms with Crippen LogP contribution in [-0.4, -0.2) is 41.5 Å². The summed E-state index contributed by atoms with van der Waals surface area (Å²) < 4.78 is 4.90. The van der Waals surface area contributed by atoms with Crippen molar-refractivity contribution < 1.29 is 24.0 Å². The van der Waals surface area contributed by atoms with Gasteiger partial charge in [-0.05, 0) is 43.7 Å². The summed E-state index contributed by atoms with van der Waals surface area (Å²) in [5.41, 5.74) is 0.0588. The molecule has 2 saturated carbocycles. The Morgan fingerprint density at radius 1 is 1.17 bits per heavy atom. The van der Waals surface area contributed by atoms with Gasteiger partial charge in [0, 0.05) is 18.2 Å². The summed E-state index contributed by atoms with van der Waals surface area (Å²) in [7, 11) is 0. The minimum Gasteiger partial charge on any atom is -0.452 e. The van der Waals surface area contributed by atoms with E-state index in [1.54, 1.807) is 0 Å². The van der Waals surface area contributed by atoms with Crippen LogP contribution in [-0.2, 0) is 9.53 Å². The number of hydrogen-bond donors (Lipinski definition) is 3. The molecule has 2 fully saturated rings. The Labute approximate surface area is 173 Å². The number of carbonyl (C=O) groups is 3. The molecule has 0 unspecified atom stereocenters. The first kappa shape index (κ1) is 21.5. The zero-order valence-corrected chi connectivity index (χ0v) is 16.8. The number of carbonyl (C=O) groups excluding carboxylic acids is 3. The number of rotatable bonds is 7. The van der Waals surface area contributed by atoms with E-state index < -0.39 is 29.4 Å². The van der Waals surface area contributed by atoms with Gasteiger partial charge in [0.2, 0.25) is 0 Å². The third-order valence-corrected chi connectivity index (χ3v) is 5.38. The van der Waals surface area contributed by atoms with E-state index in [0.29, 0.717) is 11.6 Å². The first-order valence-corrected chi connectivity index (χ1v) is 10.2. The number of anilines is 1. The van der Waals surface area contributed by atoms with Crippen molar-refractivity contribution in [3.05, 3.63) is 33.9 Å². The van der Waals surface area contributed by atoms with Gasteiger partial charge in [-0.25, -0.2) is 9.59 Å².